The van der Waals surface area contributed by atoms with Crippen LogP contribution < -0.4 is 14.8 Å². The standard InChI is InChI=1S/C24H23NO5/c1-17(26)18-7-11-22(12-8-18)29-15-21(27)16-30-23-13-9-20(10-14-23)25-24(28)19-5-3-2-4-6-19/h2-14,21,27H,15-16H2,1H3,(H,25,28)/t21-/m0/s1. The third-order valence-corrected chi connectivity index (χ3v) is 4.29. The molecular weight excluding hydrogens is 382 g/mol. The van der Waals surface area contributed by atoms with E-state index in [1.807, 2.05) is 18.2 Å². The molecule has 0 aliphatic heterocycles. The summed E-state index contributed by atoms with van der Waals surface area (Å²) in [5, 5.41) is 12.9. The van der Waals surface area contributed by atoms with Gasteiger partial charge in [-0.25, -0.2) is 0 Å². The second-order valence-electron chi connectivity index (χ2n) is 6.70. The number of carbonyl (C=O) groups is 2. The smallest absolute Gasteiger partial charge is 0.255 e. The number of ketones is 1. The van der Waals surface area contributed by atoms with Gasteiger partial charge in [0.1, 0.15) is 30.8 Å². The van der Waals surface area contributed by atoms with Crippen LogP contribution in [0, 0.1) is 0 Å². The highest BCUT2D eigenvalue weighted by Crippen LogP contribution is 2.17. The van der Waals surface area contributed by atoms with Crippen molar-refractivity contribution in [2.45, 2.75) is 13.0 Å². The van der Waals surface area contributed by atoms with E-state index in [0.717, 1.165) is 0 Å². The summed E-state index contributed by atoms with van der Waals surface area (Å²) in [7, 11) is 0. The minimum atomic E-state index is -0.824. The Morgan fingerprint density at radius 2 is 1.33 bits per heavy atom. The molecule has 0 radical (unpaired) electrons. The third kappa shape index (κ3) is 6.18. The second kappa shape index (κ2) is 10.2. The lowest BCUT2D eigenvalue weighted by molar-refractivity contribution is 0.0626. The molecular formula is C24H23NO5. The Bertz CT molecular complexity index is 969. The first kappa shape index (κ1) is 21.1. The van der Waals surface area contributed by atoms with Crippen LogP contribution >= 0.6 is 0 Å². The summed E-state index contributed by atoms with van der Waals surface area (Å²) in [6.45, 7) is 1.62. The molecule has 0 spiro atoms. The highest BCUT2D eigenvalue weighted by Gasteiger charge is 2.09. The van der Waals surface area contributed by atoms with Crippen molar-refractivity contribution in [2.75, 3.05) is 18.5 Å². The number of ether oxygens (including phenoxy) is 2. The normalized spacial score (nSPS) is 11.4. The molecule has 0 heterocycles. The summed E-state index contributed by atoms with van der Waals surface area (Å²) in [6, 6.07) is 22.6. The summed E-state index contributed by atoms with van der Waals surface area (Å²) in [6.07, 6.45) is -0.824. The summed E-state index contributed by atoms with van der Waals surface area (Å²) < 4.78 is 11.1. The molecule has 0 aliphatic carbocycles. The first-order valence-corrected chi connectivity index (χ1v) is 9.52. The molecule has 2 N–H and O–H groups in total. The van der Waals surface area contributed by atoms with E-state index in [9.17, 15) is 14.7 Å². The van der Waals surface area contributed by atoms with Crippen molar-refractivity contribution in [3.8, 4) is 11.5 Å². The van der Waals surface area contributed by atoms with Gasteiger partial charge in [-0.05, 0) is 67.6 Å². The van der Waals surface area contributed by atoms with Crippen LogP contribution in [0.5, 0.6) is 11.5 Å². The Morgan fingerprint density at radius 1 is 0.800 bits per heavy atom. The highest BCUT2D eigenvalue weighted by atomic mass is 16.5. The van der Waals surface area contributed by atoms with Crippen molar-refractivity contribution in [1.82, 2.24) is 0 Å². The predicted octanol–water partition coefficient (Wildman–Crippen LogP) is 3.96. The number of hydrogen-bond donors (Lipinski definition) is 2. The average molecular weight is 405 g/mol. The molecule has 1 amide bonds. The second-order valence-corrected chi connectivity index (χ2v) is 6.70. The van der Waals surface area contributed by atoms with Gasteiger partial charge >= 0.3 is 0 Å². The lowest BCUT2D eigenvalue weighted by atomic mass is 10.1. The van der Waals surface area contributed by atoms with E-state index in [1.54, 1.807) is 60.7 Å². The van der Waals surface area contributed by atoms with Crippen molar-refractivity contribution in [3.05, 3.63) is 90.0 Å². The van der Waals surface area contributed by atoms with Gasteiger partial charge in [-0.2, -0.15) is 0 Å². The number of aliphatic hydroxyl groups excluding tert-OH is 1. The zero-order valence-electron chi connectivity index (χ0n) is 16.6. The molecule has 30 heavy (non-hydrogen) atoms. The van der Waals surface area contributed by atoms with Gasteiger partial charge in [0, 0.05) is 16.8 Å². The first-order valence-electron chi connectivity index (χ1n) is 9.52. The maximum absolute atomic E-state index is 12.1. The Balaban J connectivity index is 1.43. The van der Waals surface area contributed by atoms with Gasteiger partial charge in [-0.1, -0.05) is 18.2 Å². The van der Waals surface area contributed by atoms with Crippen molar-refractivity contribution >= 4 is 17.4 Å². The highest BCUT2D eigenvalue weighted by molar-refractivity contribution is 6.04. The minimum Gasteiger partial charge on any atom is -0.491 e. The summed E-state index contributed by atoms with van der Waals surface area (Å²) in [5.74, 6) is 0.934. The first-order chi connectivity index (χ1) is 14.5. The van der Waals surface area contributed by atoms with Crippen molar-refractivity contribution in [1.29, 1.82) is 0 Å². The van der Waals surface area contributed by atoms with E-state index in [4.69, 9.17) is 9.47 Å². The van der Waals surface area contributed by atoms with Gasteiger partial charge < -0.3 is 19.9 Å². The quantitative estimate of drug-likeness (QED) is 0.527. The molecule has 0 saturated heterocycles. The van der Waals surface area contributed by atoms with Gasteiger partial charge in [0.15, 0.2) is 5.78 Å². The van der Waals surface area contributed by atoms with Gasteiger partial charge in [-0.15, -0.1) is 0 Å². The number of rotatable bonds is 9. The van der Waals surface area contributed by atoms with Crippen LogP contribution in [0.3, 0.4) is 0 Å². The Labute approximate surface area is 175 Å². The molecule has 1 atom stereocenters. The van der Waals surface area contributed by atoms with E-state index in [0.29, 0.717) is 28.3 Å². The van der Waals surface area contributed by atoms with Crippen LogP contribution in [0.1, 0.15) is 27.6 Å². The molecule has 0 bridgehead atoms. The van der Waals surface area contributed by atoms with Crippen molar-refractivity contribution in [2.24, 2.45) is 0 Å². The number of benzene rings is 3. The fraction of sp³-hybridized carbons (Fsp3) is 0.167. The van der Waals surface area contributed by atoms with Gasteiger partial charge in [0.2, 0.25) is 0 Å². The van der Waals surface area contributed by atoms with E-state index in [-0.39, 0.29) is 24.9 Å². The molecule has 3 aromatic rings. The van der Waals surface area contributed by atoms with E-state index >= 15 is 0 Å². The number of carbonyl (C=O) groups excluding carboxylic acids is 2. The van der Waals surface area contributed by atoms with Gasteiger partial charge in [0.25, 0.3) is 5.91 Å². The average Bonchev–Trinajstić information content (AvgIpc) is 2.78. The number of hydrogen-bond acceptors (Lipinski definition) is 5. The molecule has 3 rings (SSSR count). The fourth-order valence-electron chi connectivity index (χ4n) is 2.65. The number of amides is 1. The van der Waals surface area contributed by atoms with E-state index in [1.165, 1.54) is 6.92 Å². The van der Waals surface area contributed by atoms with Gasteiger partial charge in [0.05, 0.1) is 0 Å². The molecule has 3 aromatic carbocycles. The summed E-state index contributed by atoms with van der Waals surface area (Å²) in [5.41, 5.74) is 1.83. The van der Waals surface area contributed by atoms with E-state index in [2.05, 4.69) is 5.32 Å². The third-order valence-electron chi connectivity index (χ3n) is 4.29. The lowest BCUT2D eigenvalue weighted by Gasteiger charge is -2.14. The molecule has 154 valence electrons. The summed E-state index contributed by atoms with van der Waals surface area (Å²) in [4.78, 5) is 23.4. The number of nitrogens with one attached hydrogen (secondary N) is 1. The Hall–Kier alpha value is -3.64. The molecule has 0 aromatic heterocycles. The largest absolute Gasteiger partial charge is 0.491 e. The zero-order valence-corrected chi connectivity index (χ0v) is 16.6. The Kier molecular flexibility index (Phi) is 7.19. The number of Topliss-reactive ketones (excluding diaryl/α,β-unsaturated/α-hetero) is 1. The molecule has 0 aliphatic rings. The zero-order chi connectivity index (χ0) is 21.3. The molecule has 6 nitrogen and oxygen atoms in total. The van der Waals surface area contributed by atoms with Gasteiger partial charge in [-0.3, -0.25) is 9.59 Å². The Morgan fingerprint density at radius 3 is 1.87 bits per heavy atom. The monoisotopic (exact) mass is 405 g/mol. The molecule has 6 heteroatoms. The van der Waals surface area contributed by atoms with Crippen molar-refractivity contribution in [3.63, 3.8) is 0 Å². The number of aliphatic hydroxyl groups is 1. The van der Waals surface area contributed by atoms with Crippen LogP contribution in [0.2, 0.25) is 0 Å². The molecule has 0 unspecified atom stereocenters. The number of anilines is 1. The predicted molar refractivity (Wildman–Crippen MR) is 114 cm³/mol. The van der Waals surface area contributed by atoms with Crippen LogP contribution in [0.25, 0.3) is 0 Å². The minimum absolute atomic E-state index is 0.0133. The SMILES string of the molecule is CC(=O)c1ccc(OC[C@H](O)COc2ccc(NC(=O)c3ccccc3)cc2)cc1. The van der Waals surface area contributed by atoms with Crippen LogP contribution in [0.15, 0.2) is 78.9 Å². The van der Waals surface area contributed by atoms with E-state index < -0.39 is 6.10 Å². The van der Waals surface area contributed by atoms with Crippen LogP contribution in [-0.2, 0) is 0 Å². The maximum atomic E-state index is 12.1. The topological polar surface area (TPSA) is 84.9 Å². The van der Waals surface area contributed by atoms with Crippen molar-refractivity contribution < 1.29 is 24.2 Å². The fourth-order valence-corrected chi connectivity index (χ4v) is 2.65. The lowest BCUT2D eigenvalue weighted by Crippen LogP contribution is -2.25. The maximum Gasteiger partial charge on any atom is 0.255 e. The van der Waals surface area contributed by atoms with Crippen LogP contribution in [0.4, 0.5) is 5.69 Å². The molecule has 0 fully saturated rings. The molecule has 0 saturated carbocycles. The summed E-state index contributed by atoms with van der Waals surface area (Å²) >= 11 is 0. The van der Waals surface area contributed by atoms with Crippen LogP contribution in [-0.4, -0.2) is 36.1 Å².